The van der Waals surface area contributed by atoms with Crippen molar-refractivity contribution < 1.29 is 13.2 Å². The van der Waals surface area contributed by atoms with Crippen molar-refractivity contribution in [3.05, 3.63) is 29.8 Å². The molecule has 0 bridgehead atoms. The van der Waals surface area contributed by atoms with Crippen LogP contribution < -0.4 is 5.73 Å². The Balaban J connectivity index is 3.14. The number of benzene rings is 1. The molecule has 104 valence electrons. The van der Waals surface area contributed by atoms with Gasteiger partial charge in [-0.25, -0.2) is 8.42 Å². The van der Waals surface area contributed by atoms with E-state index < -0.39 is 10.0 Å². The number of nitrogens with two attached hydrogens (primary N) is 1. The Labute approximate surface area is 114 Å². The molecule has 0 saturated carbocycles. The Morgan fingerprint density at radius 3 is 2.68 bits per heavy atom. The van der Waals surface area contributed by atoms with Crippen molar-refractivity contribution in [1.82, 2.24) is 4.31 Å². The molecule has 0 aliphatic rings. The Hall–Kier alpha value is -1.39. The summed E-state index contributed by atoms with van der Waals surface area (Å²) >= 11 is 0. The van der Waals surface area contributed by atoms with Crippen LogP contribution in [-0.4, -0.2) is 46.6 Å². The predicted molar refractivity (Wildman–Crippen MR) is 74.1 cm³/mol. The van der Waals surface area contributed by atoms with Crippen molar-refractivity contribution in [1.29, 1.82) is 0 Å². The van der Waals surface area contributed by atoms with Gasteiger partial charge in [-0.2, -0.15) is 4.31 Å². The van der Waals surface area contributed by atoms with E-state index in [4.69, 9.17) is 10.5 Å². The van der Waals surface area contributed by atoms with Gasteiger partial charge >= 0.3 is 0 Å². The van der Waals surface area contributed by atoms with Crippen LogP contribution in [0.15, 0.2) is 29.2 Å². The average Bonchev–Trinajstić information content (AvgIpc) is 2.42. The third-order valence-corrected chi connectivity index (χ3v) is 4.43. The first kappa shape index (κ1) is 15.7. The van der Waals surface area contributed by atoms with Crippen LogP contribution in [0.25, 0.3) is 0 Å². The maximum Gasteiger partial charge on any atom is 0.244 e. The number of nitrogens with zero attached hydrogens (tertiary/aromatic N) is 1. The van der Waals surface area contributed by atoms with Crippen LogP contribution in [0.4, 0.5) is 0 Å². The summed E-state index contributed by atoms with van der Waals surface area (Å²) in [5.41, 5.74) is 5.77. The number of methoxy groups -OCH3 is 1. The highest BCUT2D eigenvalue weighted by atomic mass is 32.2. The van der Waals surface area contributed by atoms with E-state index in [9.17, 15) is 8.42 Å². The molecule has 2 N–H and O–H groups in total. The summed E-state index contributed by atoms with van der Waals surface area (Å²) in [7, 11) is -0.518. The van der Waals surface area contributed by atoms with Crippen LogP contribution in [0.1, 0.15) is 5.56 Å². The summed E-state index contributed by atoms with van der Waals surface area (Å²) in [5.74, 6) is 5.45. The van der Waals surface area contributed by atoms with E-state index in [1.54, 1.807) is 24.3 Å². The van der Waals surface area contributed by atoms with E-state index in [-0.39, 0.29) is 18.0 Å². The van der Waals surface area contributed by atoms with Crippen molar-refractivity contribution in [2.75, 3.05) is 33.9 Å². The van der Waals surface area contributed by atoms with Crippen LogP contribution in [0.2, 0.25) is 0 Å². The molecule has 5 nitrogen and oxygen atoms in total. The molecule has 19 heavy (non-hydrogen) atoms. The van der Waals surface area contributed by atoms with E-state index in [1.165, 1.54) is 18.5 Å². The summed E-state index contributed by atoms with van der Waals surface area (Å²) in [6, 6.07) is 6.62. The molecule has 0 fully saturated rings. The van der Waals surface area contributed by atoms with Crippen LogP contribution in [0.5, 0.6) is 0 Å². The molecule has 1 rings (SSSR count). The molecule has 1 aromatic rings. The molecular weight excluding hydrogens is 264 g/mol. The minimum absolute atomic E-state index is 0.188. The lowest BCUT2D eigenvalue weighted by atomic mass is 10.2. The number of hydrogen-bond acceptors (Lipinski definition) is 4. The van der Waals surface area contributed by atoms with Crippen LogP contribution in [0.3, 0.4) is 0 Å². The van der Waals surface area contributed by atoms with E-state index in [0.29, 0.717) is 12.2 Å². The second-order valence-electron chi connectivity index (χ2n) is 3.82. The van der Waals surface area contributed by atoms with Gasteiger partial charge in [0.15, 0.2) is 0 Å². The predicted octanol–water partition coefficient (Wildman–Crippen LogP) is 0.264. The fraction of sp³-hybridized carbons (Fsp3) is 0.385. The van der Waals surface area contributed by atoms with E-state index >= 15 is 0 Å². The largest absolute Gasteiger partial charge is 0.383 e. The Bertz CT molecular complexity index is 573. The molecule has 0 aliphatic carbocycles. The molecule has 0 radical (unpaired) electrons. The first-order valence-electron chi connectivity index (χ1n) is 5.77. The zero-order valence-electron chi connectivity index (χ0n) is 11.1. The maximum atomic E-state index is 12.4. The van der Waals surface area contributed by atoms with Gasteiger partial charge in [-0.15, -0.1) is 0 Å². The van der Waals surface area contributed by atoms with Crippen molar-refractivity contribution >= 4 is 10.0 Å². The second kappa shape index (κ2) is 7.26. The van der Waals surface area contributed by atoms with E-state index in [2.05, 4.69) is 11.8 Å². The lowest BCUT2D eigenvalue weighted by Gasteiger charge is -2.17. The summed E-state index contributed by atoms with van der Waals surface area (Å²) in [6.07, 6.45) is 0. The standard InChI is InChI=1S/C13H18N2O3S/c1-15(10-11-18-2)19(16,17)13-8-4-3-6-12(13)7-5-9-14/h3-4,6,8H,9-11,14H2,1-2H3. The Morgan fingerprint density at radius 2 is 2.05 bits per heavy atom. The van der Waals surface area contributed by atoms with Gasteiger partial charge < -0.3 is 10.5 Å². The van der Waals surface area contributed by atoms with E-state index in [0.717, 1.165) is 0 Å². The normalized spacial score (nSPS) is 11.2. The number of likely N-dealkylation sites (N-methyl/N-ethyl adjacent to an activating group) is 1. The quantitative estimate of drug-likeness (QED) is 0.787. The monoisotopic (exact) mass is 282 g/mol. The summed E-state index contributed by atoms with van der Waals surface area (Å²) in [6.45, 7) is 0.817. The zero-order valence-corrected chi connectivity index (χ0v) is 11.9. The van der Waals surface area contributed by atoms with Gasteiger partial charge in [0.05, 0.1) is 18.0 Å². The lowest BCUT2D eigenvalue weighted by Crippen LogP contribution is -2.30. The number of sulfonamides is 1. The number of rotatable bonds is 5. The molecule has 0 unspecified atom stereocenters. The van der Waals surface area contributed by atoms with Crippen LogP contribution in [-0.2, 0) is 14.8 Å². The molecular formula is C13H18N2O3S. The Morgan fingerprint density at radius 1 is 1.37 bits per heavy atom. The van der Waals surface area contributed by atoms with Crippen LogP contribution in [0, 0.1) is 11.8 Å². The summed E-state index contributed by atoms with van der Waals surface area (Å²) in [4.78, 5) is 0.189. The fourth-order valence-corrected chi connectivity index (χ4v) is 2.75. The topological polar surface area (TPSA) is 72.6 Å². The van der Waals surface area contributed by atoms with Crippen molar-refractivity contribution in [3.63, 3.8) is 0 Å². The van der Waals surface area contributed by atoms with Gasteiger partial charge in [-0.3, -0.25) is 0 Å². The van der Waals surface area contributed by atoms with Gasteiger partial charge in [-0.1, -0.05) is 24.0 Å². The highest BCUT2D eigenvalue weighted by molar-refractivity contribution is 7.89. The van der Waals surface area contributed by atoms with Gasteiger partial charge in [0.25, 0.3) is 0 Å². The first-order chi connectivity index (χ1) is 9.04. The summed E-state index contributed by atoms with van der Waals surface area (Å²) in [5, 5.41) is 0. The number of hydrogen-bond donors (Lipinski definition) is 1. The maximum absolute atomic E-state index is 12.4. The van der Waals surface area contributed by atoms with Gasteiger partial charge in [0.2, 0.25) is 10.0 Å². The second-order valence-corrected chi connectivity index (χ2v) is 5.83. The van der Waals surface area contributed by atoms with Gasteiger partial charge in [0, 0.05) is 26.3 Å². The zero-order chi connectivity index (χ0) is 14.3. The molecule has 0 saturated heterocycles. The third kappa shape index (κ3) is 4.04. The molecule has 0 spiro atoms. The molecule has 6 heteroatoms. The molecule has 0 aliphatic heterocycles. The summed E-state index contributed by atoms with van der Waals surface area (Å²) < 4.78 is 30.9. The highest BCUT2D eigenvalue weighted by Crippen LogP contribution is 2.18. The van der Waals surface area contributed by atoms with Crippen molar-refractivity contribution in [2.45, 2.75) is 4.90 Å². The minimum Gasteiger partial charge on any atom is -0.383 e. The van der Waals surface area contributed by atoms with Gasteiger partial charge in [-0.05, 0) is 12.1 Å². The average molecular weight is 282 g/mol. The minimum atomic E-state index is -3.56. The van der Waals surface area contributed by atoms with E-state index in [1.807, 2.05) is 0 Å². The smallest absolute Gasteiger partial charge is 0.244 e. The molecule has 0 atom stereocenters. The van der Waals surface area contributed by atoms with Crippen molar-refractivity contribution in [2.24, 2.45) is 5.73 Å². The number of ether oxygens (including phenoxy) is 1. The van der Waals surface area contributed by atoms with Crippen molar-refractivity contribution in [3.8, 4) is 11.8 Å². The highest BCUT2D eigenvalue weighted by Gasteiger charge is 2.22. The molecule has 0 heterocycles. The molecule has 1 aromatic carbocycles. The first-order valence-corrected chi connectivity index (χ1v) is 7.21. The molecule has 0 amide bonds. The fourth-order valence-electron chi connectivity index (χ4n) is 1.45. The van der Waals surface area contributed by atoms with Crippen LogP contribution >= 0.6 is 0 Å². The SMILES string of the molecule is COCCN(C)S(=O)(=O)c1ccccc1C#CCN. The molecule has 0 aromatic heterocycles. The third-order valence-electron chi connectivity index (χ3n) is 2.51. The Kier molecular flexibility index (Phi) is 5.99. The van der Waals surface area contributed by atoms with Gasteiger partial charge in [0.1, 0.15) is 0 Å². The lowest BCUT2D eigenvalue weighted by molar-refractivity contribution is 0.185.